The van der Waals surface area contributed by atoms with Gasteiger partial charge in [-0.3, -0.25) is 0 Å². The molecule has 0 spiro atoms. The van der Waals surface area contributed by atoms with Gasteiger partial charge in [0, 0.05) is 26.4 Å². The van der Waals surface area contributed by atoms with Crippen LogP contribution >= 0.6 is 15.9 Å². The Balaban J connectivity index is 2.24. The van der Waals surface area contributed by atoms with E-state index in [1.807, 2.05) is 0 Å². The first-order chi connectivity index (χ1) is 8.04. The second-order valence-corrected chi connectivity index (χ2v) is 5.43. The van der Waals surface area contributed by atoms with Crippen LogP contribution in [0, 0.1) is 0 Å². The van der Waals surface area contributed by atoms with E-state index in [1.165, 1.54) is 0 Å². The number of halogens is 1. The Kier molecular flexibility index (Phi) is 3.53. The van der Waals surface area contributed by atoms with Crippen LogP contribution in [0.2, 0.25) is 0 Å². The van der Waals surface area contributed by atoms with Gasteiger partial charge in [-0.05, 0) is 35.7 Å². The molecule has 1 unspecified atom stereocenters. The van der Waals surface area contributed by atoms with E-state index in [1.54, 1.807) is 13.3 Å². The fourth-order valence-corrected chi connectivity index (χ4v) is 2.59. The molecule has 1 aliphatic rings. The van der Waals surface area contributed by atoms with E-state index in [9.17, 15) is 0 Å². The van der Waals surface area contributed by atoms with Crippen molar-refractivity contribution >= 4 is 27.7 Å². The third kappa shape index (κ3) is 2.69. The highest BCUT2D eigenvalue weighted by Gasteiger charge is 2.32. The molecule has 1 aromatic rings. The van der Waals surface area contributed by atoms with Crippen LogP contribution in [0.3, 0.4) is 0 Å². The Morgan fingerprint density at radius 3 is 3.06 bits per heavy atom. The number of hydrogen-bond acceptors (Lipinski definition) is 5. The van der Waals surface area contributed by atoms with Crippen LogP contribution in [0.4, 0.5) is 11.8 Å². The molecule has 0 radical (unpaired) electrons. The number of nitrogens with zero attached hydrogens (tertiary/aromatic N) is 3. The number of nitrogen functional groups attached to an aromatic ring is 1. The second kappa shape index (κ2) is 4.78. The van der Waals surface area contributed by atoms with Gasteiger partial charge in [-0.2, -0.15) is 4.98 Å². The molecule has 6 heteroatoms. The summed E-state index contributed by atoms with van der Waals surface area (Å²) in [6, 6.07) is 0. The summed E-state index contributed by atoms with van der Waals surface area (Å²) < 4.78 is 6.44. The summed E-state index contributed by atoms with van der Waals surface area (Å²) >= 11 is 3.46. The van der Waals surface area contributed by atoms with E-state index < -0.39 is 0 Å². The number of methoxy groups -OCH3 is 1. The predicted molar refractivity (Wildman–Crippen MR) is 71.0 cm³/mol. The summed E-state index contributed by atoms with van der Waals surface area (Å²) in [6.45, 7) is 3.91. The molecule has 0 saturated carbocycles. The summed E-state index contributed by atoms with van der Waals surface area (Å²) in [6.07, 6.45) is 3.84. The smallest absolute Gasteiger partial charge is 0.222 e. The summed E-state index contributed by atoms with van der Waals surface area (Å²) in [4.78, 5) is 10.4. The highest BCUT2D eigenvalue weighted by Crippen LogP contribution is 2.31. The lowest BCUT2D eigenvalue weighted by Gasteiger charge is -2.40. The average Bonchev–Trinajstić information content (AvgIpc) is 2.32. The molecule has 0 bridgehead atoms. The number of anilines is 2. The Hall–Kier alpha value is -0.880. The summed E-state index contributed by atoms with van der Waals surface area (Å²) in [5.41, 5.74) is 5.52. The van der Waals surface area contributed by atoms with Crippen molar-refractivity contribution in [2.75, 3.05) is 30.8 Å². The number of hydrogen-bond donors (Lipinski definition) is 1. The van der Waals surface area contributed by atoms with Crippen LogP contribution in [-0.2, 0) is 4.74 Å². The van der Waals surface area contributed by atoms with Gasteiger partial charge in [-0.25, -0.2) is 4.98 Å². The molecule has 2 rings (SSSR count). The molecule has 0 aliphatic carbocycles. The zero-order chi connectivity index (χ0) is 12.5. The molecular formula is C11H17BrN4O. The van der Waals surface area contributed by atoms with Crippen molar-refractivity contribution < 1.29 is 4.74 Å². The maximum atomic E-state index is 5.63. The van der Waals surface area contributed by atoms with Gasteiger partial charge < -0.3 is 15.4 Å². The van der Waals surface area contributed by atoms with Crippen LogP contribution in [0.25, 0.3) is 0 Å². The fourth-order valence-electron chi connectivity index (χ4n) is 2.15. The molecule has 17 heavy (non-hydrogen) atoms. The summed E-state index contributed by atoms with van der Waals surface area (Å²) in [7, 11) is 1.76. The number of piperidine rings is 1. The van der Waals surface area contributed by atoms with Gasteiger partial charge >= 0.3 is 0 Å². The zero-order valence-corrected chi connectivity index (χ0v) is 11.7. The Bertz CT molecular complexity index is 414. The highest BCUT2D eigenvalue weighted by molar-refractivity contribution is 9.10. The molecule has 5 nitrogen and oxygen atoms in total. The maximum Gasteiger partial charge on any atom is 0.222 e. The molecule has 1 saturated heterocycles. The minimum Gasteiger partial charge on any atom is -0.377 e. The molecule has 94 valence electrons. The van der Waals surface area contributed by atoms with E-state index in [4.69, 9.17) is 10.5 Å². The minimum atomic E-state index is -0.114. The van der Waals surface area contributed by atoms with E-state index in [2.05, 4.69) is 37.7 Å². The lowest BCUT2D eigenvalue weighted by Crippen LogP contribution is -2.47. The third-order valence-corrected chi connectivity index (χ3v) is 3.75. The fraction of sp³-hybridized carbons (Fsp3) is 0.636. The first-order valence-corrected chi connectivity index (χ1v) is 6.41. The van der Waals surface area contributed by atoms with Crippen molar-refractivity contribution in [3.05, 3.63) is 10.7 Å². The minimum absolute atomic E-state index is 0.114. The third-order valence-electron chi connectivity index (χ3n) is 3.20. The van der Waals surface area contributed by atoms with Crippen molar-refractivity contribution in [3.63, 3.8) is 0 Å². The van der Waals surface area contributed by atoms with Gasteiger partial charge in [0.25, 0.3) is 0 Å². The van der Waals surface area contributed by atoms with Crippen LogP contribution in [0.15, 0.2) is 10.7 Å². The lowest BCUT2D eigenvalue weighted by atomic mass is 9.95. The maximum absolute atomic E-state index is 5.63. The highest BCUT2D eigenvalue weighted by atomic mass is 79.9. The van der Waals surface area contributed by atoms with E-state index in [0.717, 1.165) is 36.2 Å². The summed E-state index contributed by atoms with van der Waals surface area (Å²) in [5.74, 6) is 1.15. The van der Waals surface area contributed by atoms with Crippen molar-refractivity contribution in [3.8, 4) is 0 Å². The lowest BCUT2D eigenvalue weighted by molar-refractivity contribution is -0.00484. The molecular weight excluding hydrogens is 284 g/mol. The number of nitrogens with two attached hydrogens (primary N) is 1. The quantitative estimate of drug-likeness (QED) is 0.903. The van der Waals surface area contributed by atoms with Crippen molar-refractivity contribution in [1.82, 2.24) is 9.97 Å². The SMILES string of the molecule is COC1(C)CCCN(c2nc(N)ncc2Br)C1. The zero-order valence-electron chi connectivity index (χ0n) is 10.1. The van der Waals surface area contributed by atoms with Crippen molar-refractivity contribution in [2.45, 2.75) is 25.4 Å². The van der Waals surface area contributed by atoms with Crippen molar-refractivity contribution in [2.24, 2.45) is 0 Å². The monoisotopic (exact) mass is 300 g/mol. The summed E-state index contributed by atoms with van der Waals surface area (Å²) in [5, 5.41) is 0. The molecule has 0 aromatic carbocycles. The molecule has 1 fully saturated rings. The van der Waals surface area contributed by atoms with E-state index >= 15 is 0 Å². The van der Waals surface area contributed by atoms with Crippen LogP contribution in [0.1, 0.15) is 19.8 Å². The first-order valence-electron chi connectivity index (χ1n) is 5.62. The average molecular weight is 301 g/mol. The van der Waals surface area contributed by atoms with Gasteiger partial charge in [-0.1, -0.05) is 0 Å². The van der Waals surface area contributed by atoms with Crippen LogP contribution in [-0.4, -0.2) is 35.8 Å². The van der Waals surface area contributed by atoms with E-state index in [-0.39, 0.29) is 5.60 Å². The molecule has 1 aliphatic heterocycles. The molecule has 1 aromatic heterocycles. The van der Waals surface area contributed by atoms with Crippen LogP contribution < -0.4 is 10.6 Å². The van der Waals surface area contributed by atoms with Gasteiger partial charge in [0.2, 0.25) is 5.95 Å². The van der Waals surface area contributed by atoms with Gasteiger partial charge in [-0.15, -0.1) is 0 Å². The topological polar surface area (TPSA) is 64.3 Å². The van der Waals surface area contributed by atoms with Crippen molar-refractivity contribution in [1.29, 1.82) is 0 Å². The van der Waals surface area contributed by atoms with Gasteiger partial charge in [0.15, 0.2) is 0 Å². The number of ether oxygens (including phenoxy) is 1. The molecule has 1 atom stereocenters. The Morgan fingerprint density at radius 2 is 2.35 bits per heavy atom. The van der Waals surface area contributed by atoms with Crippen LogP contribution in [0.5, 0.6) is 0 Å². The standard InChI is InChI=1S/C11H17BrN4O/c1-11(17-2)4-3-5-16(7-11)9-8(12)6-14-10(13)15-9/h6H,3-5,7H2,1-2H3,(H2,13,14,15). The normalized spacial score (nSPS) is 25.0. The second-order valence-electron chi connectivity index (χ2n) is 4.58. The van der Waals surface area contributed by atoms with Gasteiger partial charge in [0.1, 0.15) is 5.82 Å². The predicted octanol–water partition coefficient (Wildman–Crippen LogP) is 1.83. The van der Waals surface area contributed by atoms with E-state index in [0.29, 0.717) is 5.95 Å². The van der Waals surface area contributed by atoms with Gasteiger partial charge in [0.05, 0.1) is 10.1 Å². The largest absolute Gasteiger partial charge is 0.377 e. The number of rotatable bonds is 2. The molecule has 2 N–H and O–H groups in total. The number of aromatic nitrogens is 2. The Morgan fingerprint density at radius 1 is 1.59 bits per heavy atom. The Labute approximate surface area is 110 Å². The molecule has 0 amide bonds. The molecule has 2 heterocycles. The first kappa shape index (κ1) is 12.6.